The Labute approximate surface area is 189 Å². The van der Waals surface area contributed by atoms with Gasteiger partial charge in [-0.1, -0.05) is 39.8 Å². The topological polar surface area (TPSA) is 52.6 Å². The molecule has 0 radical (unpaired) electrons. The maximum absolute atomic E-state index is 12.2. The van der Waals surface area contributed by atoms with E-state index in [1.54, 1.807) is 13.8 Å². The predicted molar refractivity (Wildman–Crippen MR) is 126 cm³/mol. The number of esters is 2. The van der Waals surface area contributed by atoms with Gasteiger partial charge >= 0.3 is 11.9 Å². The first-order valence-corrected chi connectivity index (χ1v) is 12.4. The first kappa shape index (κ1) is 25.7. The van der Waals surface area contributed by atoms with Crippen LogP contribution in [-0.4, -0.2) is 23.1 Å². The number of hydrogen-bond donors (Lipinski definition) is 0. The number of ether oxygens (including phenoxy) is 2. The fourth-order valence-corrected chi connectivity index (χ4v) is 5.64. The minimum atomic E-state index is -0.291. The summed E-state index contributed by atoms with van der Waals surface area (Å²) in [5.41, 5.74) is 0.396. The van der Waals surface area contributed by atoms with Gasteiger partial charge in [0.2, 0.25) is 0 Å². The van der Waals surface area contributed by atoms with E-state index >= 15 is 0 Å². The maximum Gasteiger partial charge on any atom is 0.333 e. The van der Waals surface area contributed by atoms with Crippen LogP contribution in [0.2, 0.25) is 0 Å². The van der Waals surface area contributed by atoms with Crippen LogP contribution in [0.3, 0.4) is 0 Å². The normalized spacial score (nSPS) is 31.0. The summed E-state index contributed by atoms with van der Waals surface area (Å²) < 4.78 is 11.9. The van der Waals surface area contributed by atoms with E-state index in [4.69, 9.17) is 9.47 Å². The van der Waals surface area contributed by atoms with E-state index in [1.165, 1.54) is 6.42 Å². The van der Waals surface area contributed by atoms with Crippen LogP contribution < -0.4 is 0 Å². The van der Waals surface area contributed by atoms with Crippen molar-refractivity contribution in [1.82, 2.24) is 0 Å². The lowest BCUT2D eigenvalue weighted by Crippen LogP contribution is -2.41. The minimum Gasteiger partial charge on any atom is -0.456 e. The van der Waals surface area contributed by atoms with Gasteiger partial charge in [0.15, 0.2) is 0 Å². The molecule has 4 heteroatoms. The van der Waals surface area contributed by atoms with Crippen LogP contribution >= 0.6 is 0 Å². The van der Waals surface area contributed by atoms with E-state index in [-0.39, 0.29) is 23.1 Å². The van der Waals surface area contributed by atoms with Gasteiger partial charge in [0.1, 0.15) is 11.2 Å². The van der Waals surface area contributed by atoms with E-state index in [9.17, 15) is 9.59 Å². The highest BCUT2D eigenvalue weighted by Gasteiger charge is 2.41. The molecule has 0 amide bonds. The quantitative estimate of drug-likeness (QED) is 0.273. The molecule has 176 valence electrons. The number of hydrogen-bond acceptors (Lipinski definition) is 4. The number of carbonyl (C=O) groups is 2. The second kappa shape index (κ2) is 11.3. The van der Waals surface area contributed by atoms with Crippen LogP contribution in [0.4, 0.5) is 0 Å². The Hall–Kier alpha value is -1.58. The van der Waals surface area contributed by atoms with E-state index in [1.807, 2.05) is 0 Å². The summed E-state index contributed by atoms with van der Waals surface area (Å²) >= 11 is 0. The summed E-state index contributed by atoms with van der Waals surface area (Å²) in [4.78, 5) is 24.3. The molecule has 0 N–H and O–H groups in total. The summed E-state index contributed by atoms with van der Waals surface area (Å²) in [6, 6.07) is 0. The molecule has 31 heavy (non-hydrogen) atoms. The summed E-state index contributed by atoms with van der Waals surface area (Å²) in [6.07, 6.45) is 13.6. The lowest BCUT2D eigenvalue weighted by atomic mass is 9.69. The average Bonchev–Trinajstić information content (AvgIpc) is 2.72. The second-order valence-corrected chi connectivity index (χ2v) is 10.3. The van der Waals surface area contributed by atoms with E-state index in [0.29, 0.717) is 23.0 Å². The average molecular weight is 433 g/mol. The van der Waals surface area contributed by atoms with Gasteiger partial charge in [-0.25, -0.2) is 9.59 Å². The minimum absolute atomic E-state index is 0.240. The van der Waals surface area contributed by atoms with Gasteiger partial charge in [0, 0.05) is 11.1 Å². The molecule has 0 spiro atoms. The third-order valence-corrected chi connectivity index (χ3v) is 7.43. The standard InChI is InChI=1S/C27H44O4/c1-7-13-26(30-24(28)20(3)4)15-9-22(10-16-26)19-23-11-17-27(14-8-2,18-12-23)31-25(29)21(5)6/h22-23H,3,5,7-19H2,1-2,4,6H3. The first-order chi connectivity index (χ1) is 14.6. The van der Waals surface area contributed by atoms with E-state index in [2.05, 4.69) is 27.0 Å². The Morgan fingerprint density at radius 3 is 1.32 bits per heavy atom. The van der Waals surface area contributed by atoms with Crippen LogP contribution in [0.25, 0.3) is 0 Å². The van der Waals surface area contributed by atoms with Crippen molar-refractivity contribution in [3.8, 4) is 0 Å². The molecule has 2 aliphatic rings. The van der Waals surface area contributed by atoms with Crippen LogP contribution in [-0.2, 0) is 19.1 Å². The largest absolute Gasteiger partial charge is 0.456 e. The summed E-state index contributed by atoms with van der Waals surface area (Å²) in [5.74, 6) is 0.928. The van der Waals surface area contributed by atoms with Gasteiger partial charge in [-0.05, 0) is 96.3 Å². The Morgan fingerprint density at radius 2 is 1.06 bits per heavy atom. The molecular formula is C27H44O4. The van der Waals surface area contributed by atoms with Crippen LogP contribution in [0, 0.1) is 11.8 Å². The molecule has 2 fully saturated rings. The summed E-state index contributed by atoms with van der Waals surface area (Å²) in [5, 5.41) is 0. The van der Waals surface area contributed by atoms with Crippen molar-refractivity contribution in [1.29, 1.82) is 0 Å². The molecule has 2 aliphatic carbocycles. The Morgan fingerprint density at radius 1 is 0.742 bits per heavy atom. The molecule has 2 saturated carbocycles. The monoisotopic (exact) mass is 432 g/mol. The molecule has 0 aliphatic heterocycles. The van der Waals surface area contributed by atoms with Gasteiger partial charge in [0.25, 0.3) is 0 Å². The van der Waals surface area contributed by atoms with Crippen LogP contribution in [0.5, 0.6) is 0 Å². The van der Waals surface area contributed by atoms with Crippen molar-refractivity contribution in [2.45, 2.75) is 122 Å². The Balaban J connectivity index is 1.87. The van der Waals surface area contributed by atoms with Gasteiger partial charge in [-0.2, -0.15) is 0 Å². The fraction of sp³-hybridized carbons (Fsp3) is 0.778. The first-order valence-electron chi connectivity index (χ1n) is 12.4. The van der Waals surface area contributed by atoms with Crippen molar-refractivity contribution >= 4 is 11.9 Å². The zero-order valence-corrected chi connectivity index (χ0v) is 20.4. The lowest BCUT2D eigenvalue weighted by molar-refractivity contribution is -0.161. The predicted octanol–water partition coefficient (Wildman–Crippen LogP) is 7.07. The van der Waals surface area contributed by atoms with Crippen molar-refractivity contribution in [2.75, 3.05) is 0 Å². The summed E-state index contributed by atoms with van der Waals surface area (Å²) in [6.45, 7) is 15.3. The van der Waals surface area contributed by atoms with Crippen molar-refractivity contribution < 1.29 is 19.1 Å². The molecule has 0 heterocycles. The zero-order chi connectivity index (χ0) is 23.1. The number of carbonyl (C=O) groups excluding carboxylic acids is 2. The molecular weight excluding hydrogens is 388 g/mol. The maximum atomic E-state index is 12.2. The van der Waals surface area contributed by atoms with Crippen molar-refractivity contribution in [3.63, 3.8) is 0 Å². The smallest absolute Gasteiger partial charge is 0.333 e. The van der Waals surface area contributed by atoms with Gasteiger partial charge in [-0.15, -0.1) is 0 Å². The van der Waals surface area contributed by atoms with Crippen LogP contribution in [0.15, 0.2) is 24.3 Å². The van der Waals surface area contributed by atoms with E-state index in [0.717, 1.165) is 77.0 Å². The van der Waals surface area contributed by atoms with Crippen molar-refractivity contribution in [3.05, 3.63) is 24.3 Å². The van der Waals surface area contributed by atoms with Crippen LogP contribution in [0.1, 0.15) is 111 Å². The third-order valence-electron chi connectivity index (χ3n) is 7.43. The fourth-order valence-electron chi connectivity index (χ4n) is 5.64. The molecule has 0 bridgehead atoms. The zero-order valence-electron chi connectivity index (χ0n) is 20.4. The Bertz CT molecular complexity index is 590. The second-order valence-electron chi connectivity index (χ2n) is 10.3. The molecule has 0 aromatic heterocycles. The molecule has 0 aromatic carbocycles. The highest BCUT2D eigenvalue weighted by Crippen LogP contribution is 2.45. The highest BCUT2D eigenvalue weighted by atomic mass is 16.6. The molecule has 4 nitrogen and oxygen atoms in total. The van der Waals surface area contributed by atoms with Gasteiger partial charge < -0.3 is 9.47 Å². The Kier molecular flexibility index (Phi) is 9.39. The molecule has 0 unspecified atom stereocenters. The molecule has 0 saturated heterocycles. The molecule has 2 rings (SSSR count). The van der Waals surface area contributed by atoms with E-state index < -0.39 is 0 Å². The molecule has 0 aromatic rings. The van der Waals surface area contributed by atoms with Gasteiger partial charge in [0.05, 0.1) is 0 Å². The molecule has 0 atom stereocenters. The lowest BCUT2D eigenvalue weighted by Gasteiger charge is -2.43. The van der Waals surface area contributed by atoms with Gasteiger partial charge in [-0.3, -0.25) is 0 Å². The summed E-state index contributed by atoms with van der Waals surface area (Å²) in [7, 11) is 0. The van der Waals surface area contributed by atoms with Crippen molar-refractivity contribution in [2.24, 2.45) is 11.8 Å². The number of rotatable bonds is 10. The third kappa shape index (κ3) is 7.22. The highest BCUT2D eigenvalue weighted by molar-refractivity contribution is 5.87. The SMILES string of the molecule is C=C(C)C(=O)OC1(CCC)CCC(CC2CCC(CCC)(OC(=O)C(=C)C)CC2)CC1.